The number of hydrogen-bond donors (Lipinski definition) is 2. The van der Waals surface area contributed by atoms with Crippen LogP contribution in [0.15, 0.2) is 0 Å². The standard InChI is InChI=1S/C10H23NO/c1-5-7-9(12)8-11-10(3,4)6-2/h9,11-12H,5-8H2,1-4H3. The number of β-amino-alcohol motifs (C(OH)–C–C–N with tert-alkyl or cyclic N) is 1. The molecule has 0 aromatic carbocycles. The van der Waals surface area contributed by atoms with E-state index in [-0.39, 0.29) is 11.6 Å². The first-order chi connectivity index (χ1) is 5.52. The molecule has 0 spiro atoms. The van der Waals surface area contributed by atoms with Gasteiger partial charge in [0.05, 0.1) is 6.10 Å². The molecular formula is C10H23NO. The maximum atomic E-state index is 9.45. The van der Waals surface area contributed by atoms with E-state index < -0.39 is 0 Å². The molecule has 0 heterocycles. The summed E-state index contributed by atoms with van der Waals surface area (Å²) in [6, 6.07) is 0. The third kappa shape index (κ3) is 5.56. The number of aliphatic hydroxyl groups is 1. The fraction of sp³-hybridized carbons (Fsp3) is 1.00. The van der Waals surface area contributed by atoms with Gasteiger partial charge in [0.2, 0.25) is 0 Å². The average Bonchev–Trinajstić information content (AvgIpc) is 2.02. The van der Waals surface area contributed by atoms with Crippen LogP contribution in [0.25, 0.3) is 0 Å². The van der Waals surface area contributed by atoms with Crippen molar-refractivity contribution in [3.63, 3.8) is 0 Å². The molecule has 0 rings (SSSR count). The Morgan fingerprint density at radius 1 is 1.33 bits per heavy atom. The second kappa shape index (κ2) is 5.55. The first kappa shape index (κ1) is 11.9. The van der Waals surface area contributed by atoms with Crippen LogP contribution in [-0.2, 0) is 0 Å². The Bertz CT molecular complexity index is 112. The number of aliphatic hydroxyl groups excluding tert-OH is 1. The Morgan fingerprint density at radius 3 is 2.33 bits per heavy atom. The number of hydrogen-bond acceptors (Lipinski definition) is 2. The van der Waals surface area contributed by atoms with Crippen LogP contribution < -0.4 is 5.32 Å². The van der Waals surface area contributed by atoms with Crippen LogP contribution in [0.4, 0.5) is 0 Å². The summed E-state index contributed by atoms with van der Waals surface area (Å²) in [7, 11) is 0. The van der Waals surface area contributed by atoms with Crippen molar-refractivity contribution in [1.29, 1.82) is 0 Å². The third-order valence-electron chi connectivity index (χ3n) is 2.32. The van der Waals surface area contributed by atoms with Crippen molar-refractivity contribution in [2.45, 2.75) is 58.6 Å². The van der Waals surface area contributed by atoms with Crippen LogP contribution in [0.5, 0.6) is 0 Å². The highest BCUT2D eigenvalue weighted by molar-refractivity contribution is 4.76. The molecule has 0 aromatic heterocycles. The van der Waals surface area contributed by atoms with Gasteiger partial charge < -0.3 is 10.4 Å². The van der Waals surface area contributed by atoms with Gasteiger partial charge in [-0.2, -0.15) is 0 Å². The third-order valence-corrected chi connectivity index (χ3v) is 2.32. The van der Waals surface area contributed by atoms with E-state index in [1.54, 1.807) is 0 Å². The molecule has 2 heteroatoms. The molecule has 12 heavy (non-hydrogen) atoms. The van der Waals surface area contributed by atoms with Gasteiger partial charge in [0.25, 0.3) is 0 Å². The summed E-state index contributed by atoms with van der Waals surface area (Å²) in [5.41, 5.74) is 0.161. The summed E-state index contributed by atoms with van der Waals surface area (Å²) >= 11 is 0. The highest BCUT2D eigenvalue weighted by atomic mass is 16.3. The summed E-state index contributed by atoms with van der Waals surface area (Å²) in [5, 5.41) is 12.8. The smallest absolute Gasteiger partial charge is 0.0664 e. The lowest BCUT2D eigenvalue weighted by Gasteiger charge is -2.26. The Kier molecular flexibility index (Phi) is 5.51. The Morgan fingerprint density at radius 2 is 1.92 bits per heavy atom. The molecule has 2 N–H and O–H groups in total. The highest BCUT2D eigenvalue weighted by Gasteiger charge is 2.14. The maximum Gasteiger partial charge on any atom is 0.0664 e. The molecule has 74 valence electrons. The Labute approximate surface area is 76.4 Å². The van der Waals surface area contributed by atoms with E-state index in [0.717, 1.165) is 19.3 Å². The molecule has 0 saturated heterocycles. The molecule has 0 aliphatic carbocycles. The molecule has 0 saturated carbocycles. The molecular weight excluding hydrogens is 150 g/mol. The first-order valence-electron chi connectivity index (χ1n) is 4.95. The molecule has 1 atom stereocenters. The Balaban J connectivity index is 3.52. The predicted molar refractivity (Wildman–Crippen MR) is 53.3 cm³/mol. The van der Waals surface area contributed by atoms with E-state index in [1.165, 1.54) is 0 Å². The largest absolute Gasteiger partial charge is 0.392 e. The lowest BCUT2D eigenvalue weighted by atomic mass is 10.0. The number of rotatable bonds is 6. The van der Waals surface area contributed by atoms with Crippen molar-refractivity contribution in [3.8, 4) is 0 Å². The fourth-order valence-corrected chi connectivity index (χ4v) is 0.954. The molecule has 1 unspecified atom stereocenters. The minimum Gasteiger partial charge on any atom is -0.392 e. The van der Waals surface area contributed by atoms with Crippen LogP contribution in [0, 0.1) is 0 Å². The zero-order valence-corrected chi connectivity index (χ0v) is 8.85. The Hall–Kier alpha value is -0.0800. The monoisotopic (exact) mass is 173 g/mol. The summed E-state index contributed by atoms with van der Waals surface area (Å²) in [4.78, 5) is 0. The van der Waals surface area contributed by atoms with Gasteiger partial charge in [-0.15, -0.1) is 0 Å². The first-order valence-corrected chi connectivity index (χ1v) is 4.95. The molecule has 2 nitrogen and oxygen atoms in total. The van der Waals surface area contributed by atoms with E-state index >= 15 is 0 Å². The second-order valence-corrected chi connectivity index (χ2v) is 4.06. The van der Waals surface area contributed by atoms with Crippen LogP contribution in [0.3, 0.4) is 0 Å². The minimum absolute atomic E-state index is 0.161. The summed E-state index contributed by atoms with van der Waals surface area (Å²) in [6.45, 7) is 9.28. The quantitative estimate of drug-likeness (QED) is 0.643. The van der Waals surface area contributed by atoms with Crippen molar-refractivity contribution in [3.05, 3.63) is 0 Å². The van der Waals surface area contributed by atoms with Gasteiger partial charge in [0.15, 0.2) is 0 Å². The fourth-order valence-electron chi connectivity index (χ4n) is 0.954. The molecule has 0 amide bonds. The van der Waals surface area contributed by atoms with Crippen LogP contribution in [0.1, 0.15) is 47.0 Å². The van der Waals surface area contributed by atoms with E-state index in [0.29, 0.717) is 6.54 Å². The van der Waals surface area contributed by atoms with E-state index in [1.807, 2.05) is 0 Å². The normalized spacial score (nSPS) is 14.8. The van der Waals surface area contributed by atoms with Crippen LogP contribution >= 0.6 is 0 Å². The van der Waals surface area contributed by atoms with Crippen LogP contribution in [0.2, 0.25) is 0 Å². The van der Waals surface area contributed by atoms with E-state index in [9.17, 15) is 5.11 Å². The topological polar surface area (TPSA) is 32.3 Å². The average molecular weight is 173 g/mol. The van der Waals surface area contributed by atoms with Gasteiger partial charge in [-0.3, -0.25) is 0 Å². The molecule has 0 bridgehead atoms. The predicted octanol–water partition coefficient (Wildman–Crippen LogP) is 1.93. The molecule has 0 aromatic rings. The van der Waals surface area contributed by atoms with Gasteiger partial charge in [-0.25, -0.2) is 0 Å². The van der Waals surface area contributed by atoms with Crippen molar-refractivity contribution >= 4 is 0 Å². The molecule has 0 aliphatic rings. The minimum atomic E-state index is -0.180. The molecule has 0 aliphatic heterocycles. The second-order valence-electron chi connectivity index (χ2n) is 4.06. The van der Waals surface area contributed by atoms with Gasteiger partial charge in [0, 0.05) is 12.1 Å². The van der Waals surface area contributed by atoms with Crippen molar-refractivity contribution in [2.24, 2.45) is 0 Å². The summed E-state index contributed by atoms with van der Waals surface area (Å²) in [6.07, 6.45) is 2.86. The lowest BCUT2D eigenvalue weighted by molar-refractivity contribution is 0.148. The summed E-state index contributed by atoms with van der Waals surface area (Å²) < 4.78 is 0. The highest BCUT2D eigenvalue weighted by Crippen LogP contribution is 2.07. The zero-order valence-electron chi connectivity index (χ0n) is 8.85. The lowest BCUT2D eigenvalue weighted by Crippen LogP contribution is -2.42. The SMILES string of the molecule is CCCC(O)CNC(C)(C)CC. The van der Waals surface area contributed by atoms with E-state index in [2.05, 4.69) is 33.0 Å². The van der Waals surface area contributed by atoms with Gasteiger partial charge in [-0.1, -0.05) is 20.3 Å². The van der Waals surface area contributed by atoms with Crippen molar-refractivity contribution in [2.75, 3.05) is 6.54 Å². The van der Waals surface area contributed by atoms with Gasteiger partial charge >= 0.3 is 0 Å². The van der Waals surface area contributed by atoms with Gasteiger partial charge in [-0.05, 0) is 26.7 Å². The molecule has 0 fully saturated rings. The zero-order chi connectivity index (χ0) is 9.61. The van der Waals surface area contributed by atoms with E-state index in [4.69, 9.17) is 0 Å². The maximum absolute atomic E-state index is 9.45. The molecule has 0 radical (unpaired) electrons. The number of nitrogens with one attached hydrogen (secondary N) is 1. The van der Waals surface area contributed by atoms with Crippen molar-refractivity contribution in [1.82, 2.24) is 5.32 Å². The van der Waals surface area contributed by atoms with Crippen LogP contribution in [-0.4, -0.2) is 23.3 Å². The summed E-state index contributed by atoms with van der Waals surface area (Å²) in [5.74, 6) is 0. The van der Waals surface area contributed by atoms with Crippen molar-refractivity contribution < 1.29 is 5.11 Å². The van der Waals surface area contributed by atoms with Gasteiger partial charge in [0.1, 0.15) is 0 Å².